The van der Waals surface area contributed by atoms with Crippen LogP contribution in [0.2, 0.25) is 0 Å². The summed E-state index contributed by atoms with van der Waals surface area (Å²) in [6.45, 7) is 0. The lowest BCUT2D eigenvalue weighted by Gasteiger charge is -2.13. The van der Waals surface area contributed by atoms with Gasteiger partial charge in [0.05, 0.1) is 5.56 Å². The highest BCUT2D eigenvalue weighted by Gasteiger charge is 2.08. The molecule has 90 valence electrons. The Labute approximate surface area is 115 Å². The Morgan fingerprint density at radius 1 is 1.22 bits per heavy atom. The van der Waals surface area contributed by atoms with Crippen LogP contribution in [-0.2, 0) is 0 Å². The van der Waals surface area contributed by atoms with Crippen molar-refractivity contribution in [3.05, 3.63) is 46.6 Å². The van der Waals surface area contributed by atoms with Crippen LogP contribution >= 0.6 is 15.9 Å². The van der Waals surface area contributed by atoms with Gasteiger partial charge in [-0.25, -0.2) is 4.98 Å². The van der Waals surface area contributed by atoms with Crippen LogP contribution in [0.5, 0.6) is 0 Å². The predicted molar refractivity (Wildman–Crippen MR) is 76.4 cm³/mol. The Morgan fingerprint density at radius 2 is 2.00 bits per heavy atom. The summed E-state index contributed by atoms with van der Waals surface area (Å²) >= 11 is 3.44. The van der Waals surface area contributed by atoms with Crippen molar-refractivity contribution in [3.63, 3.8) is 0 Å². The van der Waals surface area contributed by atoms with Crippen molar-refractivity contribution in [2.75, 3.05) is 19.0 Å². The van der Waals surface area contributed by atoms with Crippen molar-refractivity contribution < 1.29 is 0 Å². The van der Waals surface area contributed by atoms with Gasteiger partial charge in [-0.3, -0.25) is 0 Å². The molecule has 0 atom stereocenters. The maximum absolute atomic E-state index is 9.17. The fraction of sp³-hybridized carbons (Fsp3) is 0.143. The minimum absolute atomic E-state index is 0.581. The minimum atomic E-state index is 0.581. The number of rotatable bonds is 2. The molecule has 0 saturated heterocycles. The SMILES string of the molecule is CN(C)c1ncc(-c2cccc(Br)c2)cc1C#N. The predicted octanol–water partition coefficient (Wildman–Crippen LogP) is 3.45. The first-order chi connectivity index (χ1) is 8.61. The smallest absolute Gasteiger partial charge is 0.146 e. The molecule has 0 N–H and O–H groups in total. The standard InChI is InChI=1S/C14H12BrN3/c1-18(2)14-11(8-16)6-12(9-17-14)10-4-3-5-13(15)7-10/h3-7,9H,1-2H3. The van der Waals surface area contributed by atoms with E-state index in [1.165, 1.54) is 0 Å². The van der Waals surface area contributed by atoms with Crippen molar-refractivity contribution in [2.24, 2.45) is 0 Å². The van der Waals surface area contributed by atoms with Crippen LogP contribution in [0, 0.1) is 11.3 Å². The summed E-state index contributed by atoms with van der Waals surface area (Å²) in [7, 11) is 3.75. The molecule has 0 bridgehead atoms. The molecule has 4 heteroatoms. The summed E-state index contributed by atoms with van der Waals surface area (Å²) in [5.41, 5.74) is 2.56. The topological polar surface area (TPSA) is 39.9 Å². The van der Waals surface area contributed by atoms with Crippen LogP contribution in [0.15, 0.2) is 41.0 Å². The second-order valence-corrected chi connectivity index (χ2v) is 5.03. The van der Waals surface area contributed by atoms with Crippen molar-refractivity contribution in [1.29, 1.82) is 5.26 Å². The molecule has 3 nitrogen and oxygen atoms in total. The van der Waals surface area contributed by atoms with E-state index in [0.29, 0.717) is 11.4 Å². The maximum Gasteiger partial charge on any atom is 0.146 e. The molecular formula is C14H12BrN3. The van der Waals surface area contributed by atoms with Gasteiger partial charge in [0, 0.05) is 30.3 Å². The summed E-state index contributed by atoms with van der Waals surface area (Å²) in [5.74, 6) is 0.691. The molecule has 2 rings (SSSR count). The second kappa shape index (κ2) is 5.19. The number of pyridine rings is 1. The zero-order chi connectivity index (χ0) is 13.1. The Morgan fingerprint density at radius 3 is 2.61 bits per heavy atom. The zero-order valence-corrected chi connectivity index (χ0v) is 11.8. The summed E-state index contributed by atoms with van der Waals surface area (Å²) < 4.78 is 1.01. The fourth-order valence-corrected chi connectivity index (χ4v) is 2.12. The molecule has 0 radical (unpaired) electrons. The summed E-state index contributed by atoms with van der Waals surface area (Å²) in [4.78, 5) is 6.18. The average molecular weight is 302 g/mol. The lowest BCUT2D eigenvalue weighted by molar-refractivity contribution is 1.06. The minimum Gasteiger partial charge on any atom is -0.362 e. The Balaban J connectivity index is 2.52. The van der Waals surface area contributed by atoms with E-state index in [1.807, 2.05) is 49.3 Å². The summed E-state index contributed by atoms with van der Waals surface area (Å²) in [6, 6.07) is 12.0. The number of benzene rings is 1. The van der Waals surface area contributed by atoms with Crippen LogP contribution in [0.25, 0.3) is 11.1 Å². The summed E-state index contributed by atoms with van der Waals surface area (Å²) in [6.07, 6.45) is 1.79. The molecule has 1 heterocycles. The number of nitriles is 1. The molecule has 1 aromatic carbocycles. The quantitative estimate of drug-likeness (QED) is 0.853. The van der Waals surface area contributed by atoms with Gasteiger partial charge in [0.25, 0.3) is 0 Å². The number of aromatic nitrogens is 1. The van der Waals surface area contributed by atoms with Crippen LogP contribution in [-0.4, -0.2) is 19.1 Å². The lowest BCUT2D eigenvalue weighted by atomic mass is 10.1. The monoisotopic (exact) mass is 301 g/mol. The average Bonchev–Trinajstić information content (AvgIpc) is 2.37. The molecular weight excluding hydrogens is 290 g/mol. The first-order valence-electron chi connectivity index (χ1n) is 5.45. The number of halogens is 1. The Kier molecular flexibility index (Phi) is 3.63. The van der Waals surface area contributed by atoms with Gasteiger partial charge in [-0.15, -0.1) is 0 Å². The van der Waals surface area contributed by atoms with Crippen LogP contribution < -0.4 is 4.90 Å². The first-order valence-corrected chi connectivity index (χ1v) is 6.24. The molecule has 0 aliphatic rings. The maximum atomic E-state index is 9.17. The molecule has 0 saturated carbocycles. The van der Waals surface area contributed by atoms with E-state index in [4.69, 9.17) is 5.26 Å². The molecule has 0 amide bonds. The third-order valence-corrected chi connectivity index (χ3v) is 3.06. The van der Waals surface area contributed by atoms with E-state index in [0.717, 1.165) is 15.6 Å². The third-order valence-electron chi connectivity index (χ3n) is 2.57. The van der Waals surface area contributed by atoms with E-state index in [9.17, 15) is 0 Å². The van der Waals surface area contributed by atoms with Gasteiger partial charge in [-0.05, 0) is 23.8 Å². The zero-order valence-electron chi connectivity index (χ0n) is 10.2. The largest absolute Gasteiger partial charge is 0.362 e. The van der Waals surface area contributed by atoms with E-state index in [2.05, 4.69) is 27.0 Å². The van der Waals surface area contributed by atoms with E-state index < -0.39 is 0 Å². The lowest BCUT2D eigenvalue weighted by Crippen LogP contribution is -2.12. The highest BCUT2D eigenvalue weighted by atomic mass is 79.9. The van der Waals surface area contributed by atoms with Crippen molar-refractivity contribution in [3.8, 4) is 17.2 Å². The Bertz CT molecular complexity index is 615. The van der Waals surface area contributed by atoms with Gasteiger partial charge in [0.15, 0.2) is 0 Å². The second-order valence-electron chi connectivity index (χ2n) is 4.11. The first kappa shape index (κ1) is 12.6. The Hall–Kier alpha value is -1.86. The molecule has 1 aromatic heterocycles. The van der Waals surface area contributed by atoms with Crippen LogP contribution in [0.1, 0.15) is 5.56 Å². The third kappa shape index (κ3) is 2.52. The van der Waals surface area contributed by atoms with Gasteiger partial charge in [0.2, 0.25) is 0 Å². The van der Waals surface area contributed by atoms with E-state index in [1.54, 1.807) is 6.20 Å². The van der Waals surface area contributed by atoms with Crippen LogP contribution in [0.3, 0.4) is 0 Å². The van der Waals surface area contributed by atoms with Crippen molar-refractivity contribution in [1.82, 2.24) is 4.98 Å². The van der Waals surface area contributed by atoms with Gasteiger partial charge in [-0.2, -0.15) is 5.26 Å². The number of anilines is 1. The highest BCUT2D eigenvalue weighted by Crippen LogP contribution is 2.25. The molecule has 2 aromatic rings. The van der Waals surface area contributed by atoms with E-state index in [-0.39, 0.29) is 0 Å². The van der Waals surface area contributed by atoms with Gasteiger partial charge < -0.3 is 4.90 Å². The summed E-state index contributed by atoms with van der Waals surface area (Å²) in [5, 5.41) is 9.17. The van der Waals surface area contributed by atoms with Gasteiger partial charge >= 0.3 is 0 Å². The van der Waals surface area contributed by atoms with Gasteiger partial charge in [-0.1, -0.05) is 28.1 Å². The number of hydrogen-bond acceptors (Lipinski definition) is 3. The molecule has 0 unspecified atom stereocenters. The normalized spacial score (nSPS) is 9.89. The highest BCUT2D eigenvalue weighted by molar-refractivity contribution is 9.10. The van der Waals surface area contributed by atoms with Gasteiger partial charge in [0.1, 0.15) is 11.9 Å². The molecule has 0 aliphatic heterocycles. The fourth-order valence-electron chi connectivity index (χ4n) is 1.72. The van der Waals surface area contributed by atoms with E-state index >= 15 is 0 Å². The number of hydrogen-bond donors (Lipinski definition) is 0. The molecule has 0 fully saturated rings. The molecule has 18 heavy (non-hydrogen) atoms. The van der Waals surface area contributed by atoms with Crippen molar-refractivity contribution in [2.45, 2.75) is 0 Å². The molecule has 0 aliphatic carbocycles. The van der Waals surface area contributed by atoms with Crippen molar-refractivity contribution >= 4 is 21.7 Å². The number of nitrogens with zero attached hydrogens (tertiary/aromatic N) is 3. The molecule has 0 spiro atoms. The van der Waals surface area contributed by atoms with Crippen LogP contribution in [0.4, 0.5) is 5.82 Å².